The fourth-order valence-corrected chi connectivity index (χ4v) is 0. The average Bonchev–Trinajstić information content (AvgIpc) is 0. The number of hydrogen-bond acceptors (Lipinski definition) is 0. The second-order valence-corrected chi connectivity index (χ2v) is 0. The van der Waals surface area contributed by atoms with Gasteiger partial charge in [0.25, 0.3) is 0 Å². The summed E-state index contributed by atoms with van der Waals surface area (Å²) in [5.74, 6) is 0. The molecule has 0 bridgehead atoms. The van der Waals surface area contributed by atoms with Crippen molar-refractivity contribution < 1.29 is 40.2 Å². The van der Waals surface area contributed by atoms with Crippen LogP contribution in [0.15, 0.2) is 0 Å². The van der Waals surface area contributed by atoms with Crippen molar-refractivity contribution in [2.24, 2.45) is 0 Å². The molecule has 0 aromatic heterocycles. The first-order valence-corrected chi connectivity index (χ1v) is 0. The molecule has 0 N–H and O–H groups in total. The molecule has 0 aromatic rings. The van der Waals surface area contributed by atoms with Crippen LogP contribution in [-0.2, 0) is 40.2 Å². The van der Waals surface area contributed by atoms with Crippen molar-refractivity contribution in [3.8, 4) is 0 Å². The molecule has 0 atom stereocenters. The Bertz CT molecular complexity index is 7.52. The van der Waals surface area contributed by atoms with Gasteiger partial charge in [0.1, 0.15) is 0 Å². The first-order chi connectivity index (χ1) is 0. The van der Waals surface area contributed by atoms with Gasteiger partial charge < -0.3 is 66.8 Å². The van der Waals surface area contributed by atoms with Crippen molar-refractivity contribution in [2.75, 3.05) is 0 Å². The molecule has 0 amide bonds. The van der Waals surface area contributed by atoms with Crippen LogP contribution in [-0.4, -0.2) is 0 Å². The predicted octanol–water partition coefficient (Wildman–Crippen LogP) is 4.05. The van der Waals surface area contributed by atoms with Gasteiger partial charge >= 0.3 is 20.1 Å². The summed E-state index contributed by atoms with van der Waals surface area (Å²) >= 11 is 0. The minimum absolute atomic E-state index is 0. The molecule has 0 fully saturated rings. The Hall–Kier alpha value is 1.30. The Morgan fingerprint density at radius 3 is 0.273 bits per heavy atom. The number of hydrogen-bond donors (Lipinski definition) is 0. The molecule has 87 valence electrons. The molecule has 0 aromatic carbocycles. The van der Waals surface area contributed by atoms with E-state index >= 15 is 0 Å². The largest absolute Gasteiger partial charge is 3.00 e. The standard InChI is InChI=1S/9CH3.2Ir/h9*1H3;;/q9*-1;;+3. The molecule has 0 unspecified atom stereocenters. The molecule has 0 saturated heterocycles. The zero-order chi connectivity index (χ0) is 0. The normalized spacial score (nSPS) is 0. The molecule has 11 heavy (non-hydrogen) atoms. The van der Waals surface area contributed by atoms with E-state index in [1.165, 1.54) is 0 Å². The Kier molecular flexibility index (Phi) is 60100. The summed E-state index contributed by atoms with van der Waals surface area (Å²) in [4.78, 5) is 0. The number of rotatable bonds is 0. The minimum Gasteiger partial charge on any atom is -0.358 e. The molecule has 0 aliphatic rings. The van der Waals surface area contributed by atoms with Gasteiger partial charge in [-0.15, -0.1) is 0 Å². The first-order valence-electron chi connectivity index (χ1n) is 0. The van der Waals surface area contributed by atoms with Gasteiger partial charge in [0.2, 0.25) is 0 Å². The Morgan fingerprint density at radius 1 is 0.273 bits per heavy atom. The van der Waals surface area contributed by atoms with E-state index in [2.05, 4.69) is 0 Å². The zero-order valence-corrected chi connectivity index (χ0v) is 14.5. The van der Waals surface area contributed by atoms with Gasteiger partial charge in [0.05, 0.1) is 0 Å². The van der Waals surface area contributed by atoms with Crippen molar-refractivity contribution in [2.45, 2.75) is 0 Å². The molecule has 0 nitrogen and oxygen atoms in total. The summed E-state index contributed by atoms with van der Waals surface area (Å²) in [7, 11) is 0. The molecule has 0 saturated carbocycles. The van der Waals surface area contributed by atoms with E-state index in [0.29, 0.717) is 0 Å². The van der Waals surface area contributed by atoms with Crippen LogP contribution in [0.25, 0.3) is 0 Å². The van der Waals surface area contributed by atoms with Gasteiger partial charge in [-0.1, -0.05) is 0 Å². The third-order valence-corrected chi connectivity index (χ3v) is 0. The van der Waals surface area contributed by atoms with E-state index < -0.39 is 0 Å². The van der Waals surface area contributed by atoms with Crippen LogP contribution in [0.5, 0.6) is 0 Å². The maximum absolute atomic E-state index is 0. The monoisotopic (exact) mass is 521 g/mol. The van der Waals surface area contributed by atoms with E-state index in [-0.39, 0.29) is 107 Å². The smallest absolute Gasteiger partial charge is 0.358 e. The van der Waals surface area contributed by atoms with Crippen LogP contribution in [0.2, 0.25) is 0 Å². The Labute approximate surface area is 107 Å². The van der Waals surface area contributed by atoms with Crippen molar-refractivity contribution in [3.63, 3.8) is 0 Å². The van der Waals surface area contributed by atoms with Gasteiger partial charge in [-0.2, -0.15) is 0 Å². The van der Waals surface area contributed by atoms with Crippen LogP contribution in [0, 0.1) is 66.8 Å². The summed E-state index contributed by atoms with van der Waals surface area (Å²) in [5, 5.41) is 0. The maximum Gasteiger partial charge on any atom is 3.00 e. The topological polar surface area (TPSA) is 0 Å². The summed E-state index contributed by atoms with van der Waals surface area (Å²) < 4.78 is 0. The summed E-state index contributed by atoms with van der Waals surface area (Å²) in [6.07, 6.45) is 0. The van der Waals surface area contributed by atoms with Crippen LogP contribution in [0.4, 0.5) is 0 Å². The molecular weight excluding hydrogens is 493 g/mol. The third-order valence-electron chi connectivity index (χ3n) is 0. The van der Waals surface area contributed by atoms with Crippen molar-refractivity contribution in [1.29, 1.82) is 0 Å². The van der Waals surface area contributed by atoms with E-state index in [0.717, 1.165) is 0 Å². The molecule has 2 heteroatoms. The van der Waals surface area contributed by atoms with Gasteiger partial charge in [0.15, 0.2) is 0 Å². The van der Waals surface area contributed by atoms with Crippen molar-refractivity contribution in [1.82, 2.24) is 0 Å². The fraction of sp³-hybridized carbons (Fsp3) is 0. The van der Waals surface area contributed by atoms with Crippen LogP contribution >= 0.6 is 0 Å². The zero-order valence-electron chi connectivity index (χ0n) is 9.67. The summed E-state index contributed by atoms with van der Waals surface area (Å²) in [6, 6.07) is 0. The molecular formula is C9H27Ir2-6. The molecule has 0 rings (SSSR count). The SMILES string of the molecule is [CH3-].[CH3-].[CH3-].[CH3-].[CH3-].[CH3-].[CH3-].[CH3-].[CH3-].[Ir+3].[Ir]. The molecule has 0 aliphatic heterocycles. The predicted molar refractivity (Wildman–Crippen MR) is 57.7 cm³/mol. The average molecular weight is 520 g/mol. The maximum atomic E-state index is 0. The first kappa shape index (κ1) is 931. The van der Waals surface area contributed by atoms with E-state index in [1.807, 2.05) is 0 Å². The van der Waals surface area contributed by atoms with Crippen LogP contribution in [0.3, 0.4) is 0 Å². The Balaban J connectivity index is 0. The minimum atomic E-state index is 0. The molecule has 0 heterocycles. The second kappa shape index (κ2) is 711. The van der Waals surface area contributed by atoms with Crippen molar-refractivity contribution >= 4 is 0 Å². The van der Waals surface area contributed by atoms with Crippen LogP contribution in [0.1, 0.15) is 0 Å². The van der Waals surface area contributed by atoms with E-state index in [1.54, 1.807) is 0 Å². The molecule has 1 radical (unpaired) electrons. The molecule has 0 aliphatic carbocycles. The summed E-state index contributed by atoms with van der Waals surface area (Å²) in [5.41, 5.74) is 0. The second-order valence-electron chi connectivity index (χ2n) is 0. The fourth-order valence-electron chi connectivity index (χ4n) is 0. The van der Waals surface area contributed by atoms with Gasteiger partial charge in [0, 0.05) is 20.1 Å². The van der Waals surface area contributed by atoms with Crippen molar-refractivity contribution in [3.05, 3.63) is 66.8 Å². The quantitative estimate of drug-likeness (QED) is 0.424. The molecule has 0 spiro atoms. The Morgan fingerprint density at radius 2 is 0.273 bits per heavy atom. The van der Waals surface area contributed by atoms with E-state index in [4.69, 9.17) is 0 Å². The van der Waals surface area contributed by atoms with Gasteiger partial charge in [-0.05, 0) is 0 Å². The van der Waals surface area contributed by atoms with Gasteiger partial charge in [-0.25, -0.2) is 0 Å². The van der Waals surface area contributed by atoms with Crippen LogP contribution < -0.4 is 0 Å². The summed E-state index contributed by atoms with van der Waals surface area (Å²) in [6.45, 7) is 0. The van der Waals surface area contributed by atoms with E-state index in [9.17, 15) is 0 Å². The third kappa shape index (κ3) is 579. The van der Waals surface area contributed by atoms with Gasteiger partial charge in [-0.3, -0.25) is 0 Å².